The minimum atomic E-state index is -0.857. The third-order valence-electron chi connectivity index (χ3n) is 6.94. The number of anilines is 2. The molecule has 0 aliphatic heterocycles. The summed E-state index contributed by atoms with van der Waals surface area (Å²) in [7, 11) is 0. The van der Waals surface area contributed by atoms with E-state index in [0.29, 0.717) is 10.9 Å². The van der Waals surface area contributed by atoms with Crippen LogP contribution in [0.15, 0.2) is 76.2 Å². The van der Waals surface area contributed by atoms with E-state index in [1.165, 1.54) is 53.5 Å². The molecular formula is C30H23F3N6O3. The largest absolute Gasteiger partial charge is 0.458 e. The van der Waals surface area contributed by atoms with Crippen molar-refractivity contribution in [1.82, 2.24) is 19.7 Å². The van der Waals surface area contributed by atoms with Gasteiger partial charge in [0.05, 0.1) is 23.2 Å². The number of halogens is 3. The molecular weight excluding hydrogens is 549 g/mol. The molecule has 0 radical (unpaired) electrons. The van der Waals surface area contributed by atoms with Gasteiger partial charge in [-0.15, -0.1) is 0 Å². The molecule has 42 heavy (non-hydrogen) atoms. The Balaban J connectivity index is 1.59. The Morgan fingerprint density at radius 3 is 2.57 bits per heavy atom. The molecule has 0 amide bonds. The van der Waals surface area contributed by atoms with Crippen LogP contribution in [0, 0.1) is 17.5 Å². The molecule has 0 bridgehead atoms. The van der Waals surface area contributed by atoms with Gasteiger partial charge in [0.2, 0.25) is 5.43 Å². The summed E-state index contributed by atoms with van der Waals surface area (Å²) in [5, 5.41) is 16.6. The maximum Gasteiger partial charge on any atom is 0.203 e. The summed E-state index contributed by atoms with van der Waals surface area (Å²) in [4.78, 5) is 22.2. The standard InChI is InChI=1S/C30H23F3N6O3/c1-15(28-23(16-4-2-5-18(31)12-16)27(41)24-19(32)6-3-7-22(24)42-28)39-30-25(29(34)36-14-37-30)26(38-39)17-8-9-21(20(33)13-17)35-10-11-40/h2-9,12-15,35,40H,10-11H2,1H3,(H2,34,36,37). The molecule has 0 fully saturated rings. The zero-order valence-corrected chi connectivity index (χ0v) is 22.1. The highest BCUT2D eigenvalue weighted by atomic mass is 19.1. The van der Waals surface area contributed by atoms with E-state index in [-0.39, 0.29) is 63.9 Å². The second-order valence-corrected chi connectivity index (χ2v) is 9.57. The normalized spacial score (nSPS) is 12.2. The highest BCUT2D eigenvalue weighted by Gasteiger charge is 2.28. The Hall–Kier alpha value is -5.23. The SMILES string of the molecule is CC(c1oc2cccc(F)c2c(=O)c1-c1cccc(F)c1)n1nc(-c2ccc(NCCO)c(F)c2)c2c(N)ncnc21. The van der Waals surface area contributed by atoms with E-state index in [4.69, 9.17) is 20.4 Å². The van der Waals surface area contributed by atoms with Crippen LogP contribution in [0.3, 0.4) is 0 Å². The van der Waals surface area contributed by atoms with E-state index < -0.39 is 28.9 Å². The lowest BCUT2D eigenvalue weighted by Gasteiger charge is -2.17. The van der Waals surface area contributed by atoms with Crippen molar-refractivity contribution in [1.29, 1.82) is 0 Å². The quantitative estimate of drug-likeness (QED) is 0.236. The molecule has 0 aliphatic rings. The molecule has 6 rings (SSSR count). The van der Waals surface area contributed by atoms with Gasteiger partial charge in [-0.1, -0.05) is 24.3 Å². The number of fused-ring (bicyclic) bond motifs is 2. The van der Waals surface area contributed by atoms with Gasteiger partial charge in [-0.3, -0.25) is 4.79 Å². The molecule has 6 aromatic rings. The fourth-order valence-electron chi connectivity index (χ4n) is 5.00. The fourth-order valence-corrected chi connectivity index (χ4v) is 5.00. The first-order chi connectivity index (χ1) is 20.3. The lowest BCUT2D eigenvalue weighted by molar-refractivity contribution is 0.311. The summed E-state index contributed by atoms with van der Waals surface area (Å²) in [6.45, 7) is 1.68. The van der Waals surface area contributed by atoms with Crippen LogP contribution in [0.4, 0.5) is 24.7 Å². The molecule has 12 heteroatoms. The summed E-state index contributed by atoms with van der Waals surface area (Å²) < 4.78 is 51.7. The van der Waals surface area contributed by atoms with Crippen LogP contribution in [-0.2, 0) is 0 Å². The van der Waals surface area contributed by atoms with E-state index in [1.54, 1.807) is 13.0 Å². The molecule has 0 saturated carbocycles. The number of benzene rings is 3. The lowest BCUT2D eigenvalue weighted by atomic mass is 9.99. The number of aromatic nitrogens is 4. The first kappa shape index (κ1) is 27.0. The predicted molar refractivity (Wildman–Crippen MR) is 152 cm³/mol. The predicted octanol–water partition coefficient (Wildman–Crippen LogP) is 5.28. The van der Waals surface area contributed by atoms with Gasteiger partial charge >= 0.3 is 0 Å². The zero-order valence-electron chi connectivity index (χ0n) is 22.1. The van der Waals surface area contributed by atoms with Crippen LogP contribution in [0.1, 0.15) is 18.7 Å². The Morgan fingerprint density at radius 1 is 1.00 bits per heavy atom. The number of nitrogen functional groups attached to an aromatic ring is 1. The molecule has 1 unspecified atom stereocenters. The van der Waals surface area contributed by atoms with Crippen molar-refractivity contribution in [2.75, 3.05) is 24.2 Å². The van der Waals surface area contributed by atoms with Crippen LogP contribution in [0.2, 0.25) is 0 Å². The van der Waals surface area contributed by atoms with Gasteiger partial charge in [0.15, 0.2) is 5.65 Å². The topological polar surface area (TPSA) is 132 Å². The van der Waals surface area contributed by atoms with Crippen LogP contribution in [-0.4, -0.2) is 38.0 Å². The third kappa shape index (κ3) is 4.51. The molecule has 1 atom stereocenters. The number of rotatable bonds is 7. The Labute approximate surface area is 236 Å². The maximum atomic E-state index is 14.9. The van der Waals surface area contributed by atoms with Crippen molar-refractivity contribution >= 4 is 33.5 Å². The molecule has 3 heterocycles. The van der Waals surface area contributed by atoms with Gasteiger partial charge in [0, 0.05) is 12.1 Å². The smallest absolute Gasteiger partial charge is 0.203 e. The van der Waals surface area contributed by atoms with Crippen LogP contribution in [0.25, 0.3) is 44.4 Å². The van der Waals surface area contributed by atoms with Crippen LogP contribution >= 0.6 is 0 Å². The van der Waals surface area contributed by atoms with Gasteiger partial charge in [0.1, 0.15) is 58.1 Å². The fraction of sp³-hybridized carbons (Fsp3) is 0.133. The van der Waals surface area contributed by atoms with Crippen molar-refractivity contribution in [3.63, 3.8) is 0 Å². The number of nitrogens with one attached hydrogen (secondary N) is 1. The first-order valence-corrected chi connectivity index (χ1v) is 12.9. The number of nitrogens with zero attached hydrogens (tertiary/aromatic N) is 4. The van der Waals surface area contributed by atoms with Crippen molar-refractivity contribution in [3.8, 4) is 22.4 Å². The van der Waals surface area contributed by atoms with Crippen LogP contribution in [0.5, 0.6) is 0 Å². The summed E-state index contributed by atoms with van der Waals surface area (Å²) in [6.07, 6.45) is 1.24. The van der Waals surface area contributed by atoms with Crippen LogP contribution < -0.4 is 16.5 Å². The second-order valence-electron chi connectivity index (χ2n) is 9.57. The van der Waals surface area contributed by atoms with Gasteiger partial charge in [-0.05, 0) is 48.9 Å². The highest BCUT2D eigenvalue weighted by molar-refractivity contribution is 5.98. The van der Waals surface area contributed by atoms with Crippen molar-refractivity contribution in [2.24, 2.45) is 0 Å². The summed E-state index contributed by atoms with van der Waals surface area (Å²) >= 11 is 0. The minimum absolute atomic E-state index is 0.000803. The van der Waals surface area contributed by atoms with Crippen molar-refractivity contribution in [2.45, 2.75) is 13.0 Å². The summed E-state index contributed by atoms with van der Waals surface area (Å²) in [5.74, 6) is -1.78. The van der Waals surface area contributed by atoms with Gasteiger partial charge in [0.25, 0.3) is 0 Å². The highest BCUT2D eigenvalue weighted by Crippen LogP contribution is 2.37. The average molecular weight is 573 g/mol. The summed E-state index contributed by atoms with van der Waals surface area (Å²) in [5.41, 5.74) is 6.80. The Bertz CT molecular complexity index is 2040. The monoisotopic (exact) mass is 572 g/mol. The number of hydrogen-bond donors (Lipinski definition) is 3. The molecule has 212 valence electrons. The third-order valence-corrected chi connectivity index (χ3v) is 6.94. The van der Waals surface area contributed by atoms with Crippen molar-refractivity contribution < 1.29 is 22.7 Å². The minimum Gasteiger partial charge on any atom is -0.458 e. The molecule has 0 spiro atoms. The Kier molecular flexibility index (Phi) is 6.83. The van der Waals surface area contributed by atoms with Crippen molar-refractivity contribution in [3.05, 3.63) is 100 Å². The lowest BCUT2D eigenvalue weighted by Crippen LogP contribution is -2.17. The first-order valence-electron chi connectivity index (χ1n) is 12.9. The van der Waals surface area contributed by atoms with Gasteiger partial charge in [-0.2, -0.15) is 5.10 Å². The van der Waals surface area contributed by atoms with E-state index in [9.17, 15) is 18.0 Å². The number of nitrogens with two attached hydrogens (primary N) is 1. The van der Waals surface area contributed by atoms with Gasteiger partial charge in [-0.25, -0.2) is 27.8 Å². The second kappa shape index (κ2) is 10.6. The zero-order chi connectivity index (χ0) is 29.5. The maximum absolute atomic E-state index is 14.9. The number of aliphatic hydroxyl groups excluding tert-OH is 1. The van der Waals surface area contributed by atoms with Gasteiger partial charge < -0.3 is 20.6 Å². The Morgan fingerprint density at radius 2 is 1.81 bits per heavy atom. The van der Waals surface area contributed by atoms with E-state index in [2.05, 4.69) is 15.3 Å². The van der Waals surface area contributed by atoms with E-state index >= 15 is 0 Å². The molecule has 9 nitrogen and oxygen atoms in total. The molecule has 3 aromatic carbocycles. The summed E-state index contributed by atoms with van der Waals surface area (Å²) in [6, 6.07) is 12.9. The number of aliphatic hydroxyl groups is 1. The number of hydrogen-bond acceptors (Lipinski definition) is 8. The molecule has 0 saturated heterocycles. The van der Waals surface area contributed by atoms with E-state index in [0.717, 1.165) is 12.1 Å². The molecule has 4 N–H and O–H groups in total. The molecule has 0 aliphatic carbocycles. The van der Waals surface area contributed by atoms with E-state index in [1.807, 2.05) is 0 Å². The molecule has 3 aromatic heterocycles. The average Bonchev–Trinajstić information content (AvgIpc) is 3.37.